The highest BCUT2D eigenvalue weighted by Gasteiger charge is 2.11. The number of hydrogen-bond acceptors (Lipinski definition) is 1. The highest BCUT2D eigenvalue weighted by atomic mass is 16.4. The van der Waals surface area contributed by atoms with Crippen molar-refractivity contribution in [3.8, 4) is 0 Å². The summed E-state index contributed by atoms with van der Waals surface area (Å²) < 4.78 is 2.24. The maximum Gasteiger partial charge on any atom is 0.335 e. The summed E-state index contributed by atoms with van der Waals surface area (Å²) in [5.41, 5.74) is 5.76. The number of carboxylic acid groups (broad SMARTS) is 1. The van der Waals surface area contributed by atoms with Crippen molar-refractivity contribution in [1.29, 1.82) is 0 Å². The Morgan fingerprint density at radius 1 is 0.926 bits per heavy atom. The second-order valence-corrected chi connectivity index (χ2v) is 6.96. The molecule has 3 aromatic carbocycles. The third-order valence-electron chi connectivity index (χ3n) is 4.92. The monoisotopic (exact) mass is 355 g/mol. The van der Waals surface area contributed by atoms with Crippen LogP contribution < -0.4 is 0 Å². The van der Waals surface area contributed by atoms with Gasteiger partial charge < -0.3 is 9.67 Å². The van der Waals surface area contributed by atoms with E-state index in [0.29, 0.717) is 12.0 Å². The lowest BCUT2D eigenvalue weighted by Gasteiger charge is -2.09. The zero-order valence-electron chi connectivity index (χ0n) is 15.2. The number of rotatable bonds is 5. The lowest BCUT2D eigenvalue weighted by Crippen LogP contribution is -2.03. The Morgan fingerprint density at radius 3 is 2.52 bits per heavy atom. The summed E-state index contributed by atoms with van der Waals surface area (Å²) in [5.74, 6) is -0.871. The van der Waals surface area contributed by atoms with Crippen molar-refractivity contribution in [3.63, 3.8) is 0 Å². The molecule has 1 heterocycles. The molecule has 0 radical (unpaired) electrons. The number of carbonyl (C=O) groups is 1. The smallest absolute Gasteiger partial charge is 0.335 e. The molecular formula is C24H21NO2. The number of nitrogens with zero attached hydrogens (tertiary/aromatic N) is 1. The summed E-state index contributed by atoms with van der Waals surface area (Å²) in [6.45, 7) is 2.75. The van der Waals surface area contributed by atoms with E-state index >= 15 is 0 Å². The van der Waals surface area contributed by atoms with Crippen LogP contribution in [0, 0.1) is 6.92 Å². The average Bonchev–Trinajstić information content (AvgIpc) is 3.06. The van der Waals surface area contributed by atoms with Gasteiger partial charge in [0.1, 0.15) is 0 Å². The molecule has 3 heteroatoms. The average molecular weight is 355 g/mol. The molecule has 0 saturated carbocycles. The van der Waals surface area contributed by atoms with Crippen LogP contribution in [0.5, 0.6) is 0 Å². The Hall–Kier alpha value is -3.33. The van der Waals surface area contributed by atoms with Gasteiger partial charge in [0.15, 0.2) is 0 Å². The van der Waals surface area contributed by atoms with Gasteiger partial charge in [-0.3, -0.25) is 0 Å². The fourth-order valence-electron chi connectivity index (χ4n) is 3.54. The van der Waals surface area contributed by atoms with E-state index in [9.17, 15) is 9.90 Å². The molecule has 1 aromatic heterocycles. The van der Waals surface area contributed by atoms with E-state index in [2.05, 4.69) is 59.3 Å². The molecule has 0 amide bonds. The van der Waals surface area contributed by atoms with Crippen LogP contribution in [0.2, 0.25) is 0 Å². The first kappa shape index (κ1) is 17.1. The minimum Gasteiger partial charge on any atom is -0.478 e. The predicted octanol–water partition coefficient (Wildman–Crippen LogP) is 5.29. The zero-order valence-corrected chi connectivity index (χ0v) is 15.2. The van der Waals surface area contributed by atoms with Crippen molar-refractivity contribution in [3.05, 3.63) is 107 Å². The van der Waals surface area contributed by atoms with Gasteiger partial charge in [0.25, 0.3) is 0 Å². The van der Waals surface area contributed by atoms with Crippen LogP contribution in [0.1, 0.15) is 32.6 Å². The molecule has 0 fully saturated rings. The van der Waals surface area contributed by atoms with Crippen molar-refractivity contribution in [1.82, 2.24) is 4.57 Å². The largest absolute Gasteiger partial charge is 0.478 e. The van der Waals surface area contributed by atoms with Crippen LogP contribution in [-0.4, -0.2) is 15.6 Å². The Labute approximate surface area is 158 Å². The summed E-state index contributed by atoms with van der Waals surface area (Å²) in [7, 11) is 0. The normalized spacial score (nSPS) is 11.0. The van der Waals surface area contributed by atoms with Crippen LogP contribution in [-0.2, 0) is 13.0 Å². The highest BCUT2D eigenvalue weighted by Crippen LogP contribution is 2.22. The predicted molar refractivity (Wildman–Crippen MR) is 108 cm³/mol. The molecule has 0 atom stereocenters. The van der Waals surface area contributed by atoms with Gasteiger partial charge in [0.05, 0.1) is 5.56 Å². The fraction of sp³-hybridized carbons (Fsp3) is 0.125. The summed E-state index contributed by atoms with van der Waals surface area (Å²) in [5, 5.41) is 10.7. The number of aryl methyl sites for hydroxylation is 1. The standard InChI is InChI=1S/C24H21NO2/c1-17-7-9-20(22(13-17)24(26)27)14-19-8-10-23-21(15-19)11-12-25(23)16-18-5-3-2-4-6-18/h2-13,15H,14,16H2,1H3,(H,26,27). The molecule has 0 aliphatic carbocycles. The van der Waals surface area contributed by atoms with Crippen LogP contribution >= 0.6 is 0 Å². The summed E-state index contributed by atoms with van der Waals surface area (Å²) in [4.78, 5) is 11.6. The summed E-state index contributed by atoms with van der Waals surface area (Å²) in [6, 6.07) is 24.5. The first-order chi connectivity index (χ1) is 13.1. The Kier molecular flexibility index (Phi) is 4.51. The maximum atomic E-state index is 11.6. The lowest BCUT2D eigenvalue weighted by atomic mass is 9.97. The molecule has 27 heavy (non-hydrogen) atoms. The quantitative estimate of drug-likeness (QED) is 0.529. The zero-order chi connectivity index (χ0) is 18.8. The van der Waals surface area contributed by atoms with Crippen molar-refractivity contribution < 1.29 is 9.90 Å². The van der Waals surface area contributed by atoms with Crippen molar-refractivity contribution in [2.24, 2.45) is 0 Å². The fourth-order valence-corrected chi connectivity index (χ4v) is 3.54. The first-order valence-electron chi connectivity index (χ1n) is 9.05. The van der Waals surface area contributed by atoms with Gasteiger partial charge in [-0.25, -0.2) is 4.79 Å². The maximum absolute atomic E-state index is 11.6. The molecule has 0 saturated heterocycles. The summed E-state index contributed by atoms with van der Waals surface area (Å²) in [6.07, 6.45) is 2.72. The Bertz CT molecular complexity index is 1110. The number of fused-ring (bicyclic) bond motifs is 1. The molecule has 4 aromatic rings. The van der Waals surface area contributed by atoms with Gasteiger partial charge in [-0.15, -0.1) is 0 Å². The topological polar surface area (TPSA) is 42.2 Å². The van der Waals surface area contributed by atoms with Gasteiger partial charge >= 0.3 is 5.97 Å². The van der Waals surface area contributed by atoms with Gasteiger partial charge in [-0.1, -0.05) is 54.1 Å². The molecule has 0 unspecified atom stereocenters. The second-order valence-electron chi connectivity index (χ2n) is 6.96. The Balaban J connectivity index is 1.63. The van der Waals surface area contributed by atoms with Crippen LogP contribution in [0.4, 0.5) is 0 Å². The third-order valence-corrected chi connectivity index (χ3v) is 4.92. The summed E-state index contributed by atoms with van der Waals surface area (Å²) >= 11 is 0. The van der Waals surface area contributed by atoms with Crippen LogP contribution in [0.25, 0.3) is 10.9 Å². The van der Waals surface area contributed by atoms with Gasteiger partial charge in [0, 0.05) is 18.3 Å². The third kappa shape index (κ3) is 3.63. The molecule has 3 nitrogen and oxygen atoms in total. The number of aromatic nitrogens is 1. The minimum atomic E-state index is -0.871. The van der Waals surface area contributed by atoms with Crippen LogP contribution in [0.15, 0.2) is 79.0 Å². The first-order valence-corrected chi connectivity index (χ1v) is 9.05. The van der Waals surface area contributed by atoms with Crippen LogP contribution in [0.3, 0.4) is 0 Å². The van der Waals surface area contributed by atoms with E-state index in [4.69, 9.17) is 0 Å². The molecule has 0 aliphatic heterocycles. The molecule has 134 valence electrons. The van der Waals surface area contributed by atoms with E-state index in [1.165, 1.54) is 16.5 Å². The number of benzene rings is 3. The number of aromatic carboxylic acids is 1. The number of carboxylic acids is 1. The molecule has 0 bridgehead atoms. The van der Waals surface area contributed by atoms with E-state index in [1.54, 1.807) is 6.07 Å². The van der Waals surface area contributed by atoms with E-state index in [0.717, 1.165) is 23.2 Å². The molecule has 4 rings (SSSR count). The van der Waals surface area contributed by atoms with Gasteiger partial charge in [0.2, 0.25) is 0 Å². The van der Waals surface area contributed by atoms with Crippen molar-refractivity contribution in [2.45, 2.75) is 19.9 Å². The minimum absolute atomic E-state index is 0.386. The van der Waals surface area contributed by atoms with Gasteiger partial charge in [-0.2, -0.15) is 0 Å². The highest BCUT2D eigenvalue weighted by molar-refractivity contribution is 5.90. The van der Waals surface area contributed by atoms with E-state index in [-0.39, 0.29) is 0 Å². The lowest BCUT2D eigenvalue weighted by molar-refractivity contribution is 0.0695. The second kappa shape index (κ2) is 7.12. The van der Waals surface area contributed by atoms with Crippen molar-refractivity contribution >= 4 is 16.9 Å². The van der Waals surface area contributed by atoms with Gasteiger partial charge in [-0.05, 0) is 59.7 Å². The Morgan fingerprint density at radius 2 is 1.74 bits per heavy atom. The molecule has 0 aliphatic rings. The molecule has 1 N–H and O–H groups in total. The van der Waals surface area contributed by atoms with E-state index < -0.39 is 5.97 Å². The van der Waals surface area contributed by atoms with E-state index in [1.807, 2.05) is 25.1 Å². The number of hydrogen-bond donors (Lipinski definition) is 1. The molecule has 0 spiro atoms. The SMILES string of the molecule is Cc1ccc(Cc2ccc3c(ccn3Cc3ccccc3)c2)c(C(=O)O)c1. The van der Waals surface area contributed by atoms with Crippen molar-refractivity contribution in [2.75, 3.05) is 0 Å². The molecular weight excluding hydrogens is 334 g/mol.